The summed E-state index contributed by atoms with van der Waals surface area (Å²) in [7, 11) is 1.56. The maximum Gasteiger partial charge on any atom is 0.255 e. The fourth-order valence-corrected chi connectivity index (χ4v) is 6.53. The molecule has 0 saturated carbocycles. The Morgan fingerprint density at radius 3 is 2.58 bits per heavy atom. The van der Waals surface area contributed by atoms with Gasteiger partial charge >= 0.3 is 0 Å². The number of nitrogens with zero attached hydrogens (tertiary/aromatic N) is 2. The number of fused-ring (bicyclic) bond motifs is 3. The van der Waals surface area contributed by atoms with E-state index in [0.717, 1.165) is 0 Å². The molecular formula is C25H20IN3O7. The van der Waals surface area contributed by atoms with Crippen molar-refractivity contribution in [2.75, 3.05) is 7.05 Å². The van der Waals surface area contributed by atoms with Crippen molar-refractivity contribution in [1.82, 2.24) is 8.10 Å². The summed E-state index contributed by atoms with van der Waals surface area (Å²) in [5, 5.41) is 44.7. The Hall–Kier alpha value is -3.47. The molecule has 1 amide bonds. The van der Waals surface area contributed by atoms with E-state index < -0.39 is 64.0 Å². The fraction of sp³-hybridized carbons (Fsp3) is 0.280. The van der Waals surface area contributed by atoms with Crippen molar-refractivity contribution in [2.24, 2.45) is 17.6 Å². The number of amides is 1. The standard InChI is InChI=1S/C25H20IN3O7/c1-29(26)19-12-9-11-15(13-6-2-3-8-28-13)10-5-4-7-14(30)16(10)20(31)17(11)22(33)25(12,36)23(34)18(21(19)32)24(27)35/h4-8,11-12,15,19,30,32-33,36H,9H2,1H3,(H2,27,35)/t11?,12?,15-,19-,25-/m0/s1. The van der Waals surface area contributed by atoms with Gasteiger partial charge in [-0.15, -0.1) is 0 Å². The summed E-state index contributed by atoms with van der Waals surface area (Å²) in [4.78, 5) is 43.5. The zero-order valence-corrected chi connectivity index (χ0v) is 20.9. The number of carbonyl (C=O) groups is 3. The van der Waals surface area contributed by atoms with Gasteiger partial charge in [0.05, 0.1) is 23.5 Å². The van der Waals surface area contributed by atoms with Gasteiger partial charge in [0.2, 0.25) is 5.78 Å². The number of rotatable bonds is 3. The Labute approximate surface area is 219 Å². The van der Waals surface area contributed by atoms with Crippen molar-refractivity contribution >= 4 is 40.3 Å². The Kier molecular flexibility index (Phi) is 5.58. The number of benzene rings is 1. The van der Waals surface area contributed by atoms with E-state index in [0.29, 0.717) is 11.3 Å². The lowest BCUT2D eigenvalue weighted by Gasteiger charge is -2.51. The van der Waals surface area contributed by atoms with E-state index >= 15 is 0 Å². The van der Waals surface area contributed by atoms with E-state index in [1.165, 1.54) is 15.4 Å². The Balaban J connectivity index is 1.82. The number of phenolic OH excluding ortho intramolecular Hbond substituents is 1. The van der Waals surface area contributed by atoms with E-state index in [4.69, 9.17) is 5.73 Å². The monoisotopic (exact) mass is 601 g/mol. The van der Waals surface area contributed by atoms with Crippen molar-refractivity contribution in [1.29, 1.82) is 0 Å². The van der Waals surface area contributed by atoms with Crippen LogP contribution in [0.1, 0.15) is 34.0 Å². The lowest BCUT2D eigenvalue weighted by atomic mass is 9.56. The van der Waals surface area contributed by atoms with Gasteiger partial charge in [0, 0.05) is 52.3 Å². The van der Waals surface area contributed by atoms with E-state index in [2.05, 4.69) is 17.1 Å². The minimum absolute atomic E-state index is 0.0540. The molecule has 36 heavy (non-hydrogen) atoms. The van der Waals surface area contributed by atoms with Crippen molar-refractivity contribution in [3.8, 4) is 5.75 Å². The number of ketones is 2. The molecule has 0 saturated heterocycles. The first-order valence-electron chi connectivity index (χ1n) is 10.9. The number of Topliss-reactive ketones (excluding diaryl/α,β-unsaturated/α-hetero) is 2. The first-order valence-corrected chi connectivity index (χ1v) is 11.9. The molecule has 6 N–H and O–H groups in total. The first-order chi connectivity index (χ1) is 17.0. The smallest absolute Gasteiger partial charge is 0.255 e. The van der Waals surface area contributed by atoms with Crippen LogP contribution in [0.4, 0.5) is 0 Å². The third-order valence-electron chi connectivity index (χ3n) is 7.34. The Bertz CT molecular complexity index is 1390. The second kappa shape index (κ2) is 8.29. The highest BCUT2D eigenvalue weighted by atomic mass is 127. The largest absolute Gasteiger partial charge is 0.510 e. The van der Waals surface area contributed by atoms with Gasteiger partial charge in [0.15, 0.2) is 11.4 Å². The average molecular weight is 601 g/mol. The molecule has 5 atom stereocenters. The summed E-state index contributed by atoms with van der Waals surface area (Å²) in [5.41, 5.74) is 2.37. The number of aliphatic hydroxyl groups excluding tert-OH is 2. The minimum atomic E-state index is -2.71. The molecule has 0 aliphatic heterocycles. The molecule has 1 heterocycles. The number of halogens is 1. The molecule has 1 aromatic carbocycles. The zero-order valence-electron chi connectivity index (χ0n) is 18.8. The number of nitrogens with two attached hydrogens (primary N) is 1. The average Bonchev–Trinajstić information content (AvgIpc) is 2.81. The molecule has 10 nitrogen and oxygen atoms in total. The number of primary amides is 1. The van der Waals surface area contributed by atoms with Crippen LogP contribution in [0.15, 0.2) is 53.1 Å². The van der Waals surface area contributed by atoms with Crippen LogP contribution in [0.3, 0.4) is 0 Å². The zero-order chi connectivity index (χ0) is 26.1. The van der Waals surface area contributed by atoms with Crippen LogP contribution in [0, 0.1) is 24.0 Å². The van der Waals surface area contributed by atoms with Crippen LogP contribution in [0.2, 0.25) is 0 Å². The molecule has 2 aromatic rings. The van der Waals surface area contributed by atoms with E-state index in [1.54, 1.807) is 25.2 Å². The van der Waals surface area contributed by atoms with Gasteiger partial charge in [-0.3, -0.25) is 19.4 Å². The third-order valence-corrected chi connectivity index (χ3v) is 7.94. The summed E-state index contributed by atoms with van der Waals surface area (Å²) in [6.45, 7) is 0. The van der Waals surface area contributed by atoms with Gasteiger partial charge in [-0.2, -0.15) is 0 Å². The molecule has 0 radical (unpaired) electrons. The number of aromatic hydroxyl groups is 1. The number of hydrogen-bond acceptors (Lipinski definition) is 9. The lowest BCUT2D eigenvalue weighted by molar-refractivity contribution is -0.147. The summed E-state index contributed by atoms with van der Waals surface area (Å²) >= 11 is 1.84. The molecule has 3 aliphatic carbocycles. The van der Waals surface area contributed by atoms with Gasteiger partial charge in [-0.05, 0) is 25.1 Å². The van der Waals surface area contributed by atoms with Crippen LogP contribution >= 0.6 is 22.9 Å². The summed E-state index contributed by atoms with van der Waals surface area (Å²) in [6, 6.07) is 10.6. The van der Waals surface area contributed by atoms with Crippen LogP contribution in [0.25, 0.3) is 0 Å². The topological polar surface area (TPSA) is 174 Å². The third kappa shape index (κ3) is 3.11. The molecule has 184 valence electrons. The van der Waals surface area contributed by atoms with Gasteiger partial charge in [0.25, 0.3) is 5.91 Å². The van der Waals surface area contributed by atoms with Crippen molar-refractivity contribution in [3.05, 3.63) is 82.1 Å². The molecule has 2 unspecified atom stereocenters. The molecule has 11 heteroatoms. The second-order valence-electron chi connectivity index (χ2n) is 9.06. The summed E-state index contributed by atoms with van der Waals surface area (Å²) in [5.74, 6) is -7.83. The van der Waals surface area contributed by atoms with Crippen LogP contribution in [-0.2, 0) is 9.59 Å². The summed E-state index contributed by atoms with van der Waals surface area (Å²) in [6.07, 6.45) is 1.34. The number of allylic oxidation sites excluding steroid dienone is 1. The molecule has 0 fully saturated rings. The molecule has 0 spiro atoms. The van der Waals surface area contributed by atoms with Gasteiger partial charge in [-0.25, -0.2) is 3.11 Å². The number of aliphatic hydroxyl groups is 3. The molecular weight excluding hydrogens is 581 g/mol. The van der Waals surface area contributed by atoms with Crippen molar-refractivity contribution in [3.63, 3.8) is 0 Å². The van der Waals surface area contributed by atoms with Crippen LogP contribution in [0.5, 0.6) is 5.75 Å². The van der Waals surface area contributed by atoms with Crippen LogP contribution in [-0.4, -0.2) is 64.7 Å². The van der Waals surface area contributed by atoms with E-state index in [9.17, 15) is 34.8 Å². The number of phenols is 1. The van der Waals surface area contributed by atoms with E-state index in [1.807, 2.05) is 22.9 Å². The van der Waals surface area contributed by atoms with Gasteiger partial charge in [0.1, 0.15) is 22.8 Å². The number of aromatic nitrogens is 1. The SMILES string of the molecule is CN(I)[C@@H]1C(O)=C(C(N)=O)C(=O)[C@@]2(O)C(O)=C3C(=O)c4c(O)cccc4[C@H](c4cc#ccn4)C3CC12. The lowest BCUT2D eigenvalue weighted by Crippen LogP contribution is -2.63. The van der Waals surface area contributed by atoms with E-state index in [-0.39, 0.29) is 23.3 Å². The highest BCUT2D eigenvalue weighted by Gasteiger charge is 2.64. The first kappa shape index (κ1) is 24.2. The number of hydrogen-bond donors (Lipinski definition) is 5. The second-order valence-corrected chi connectivity index (χ2v) is 10.6. The quantitative estimate of drug-likeness (QED) is 0.198. The maximum atomic E-state index is 13.7. The van der Waals surface area contributed by atoms with Crippen LogP contribution < -0.4 is 5.73 Å². The summed E-state index contributed by atoms with van der Waals surface area (Å²) < 4.78 is 1.47. The van der Waals surface area contributed by atoms with Gasteiger partial charge in [-0.1, -0.05) is 24.3 Å². The maximum absolute atomic E-state index is 13.7. The fourth-order valence-electron chi connectivity index (χ4n) is 5.88. The number of likely N-dealkylation sites (N-methyl/N-ethyl adjacent to an activating group) is 1. The Morgan fingerprint density at radius 2 is 1.97 bits per heavy atom. The van der Waals surface area contributed by atoms with Crippen molar-refractivity contribution < 1.29 is 34.8 Å². The normalized spacial score (nSPS) is 29.4. The molecule has 3 aliphatic rings. The molecule has 5 rings (SSSR count). The van der Waals surface area contributed by atoms with Gasteiger partial charge < -0.3 is 26.2 Å². The van der Waals surface area contributed by atoms with Crippen molar-refractivity contribution in [2.45, 2.75) is 24.0 Å². The molecule has 0 bridgehead atoms. The Morgan fingerprint density at radius 1 is 1.25 bits per heavy atom. The predicted octanol–water partition coefficient (Wildman–Crippen LogP) is 1.43. The highest BCUT2D eigenvalue weighted by Crippen LogP contribution is 2.56. The highest BCUT2D eigenvalue weighted by molar-refractivity contribution is 14.1. The number of carbonyl (C=O) groups excluding carboxylic acids is 3. The predicted molar refractivity (Wildman–Crippen MR) is 132 cm³/mol. The minimum Gasteiger partial charge on any atom is -0.510 e. The molecule has 1 aromatic heterocycles.